The molecule has 7 heteroatoms. The van der Waals surface area contributed by atoms with E-state index in [4.69, 9.17) is 9.47 Å². The Labute approximate surface area is 170 Å². The maximum atomic E-state index is 12.3. The van der Waals surface area contributed by atoms with Crippen LogP contribution in [0.5, 0.6) is 11.5 Å². The summed E-state index contributed by atoms with van der Waals surface area (Å²) >= 11 is 0. The van der Waals surface area contributed by atoms with E-state index in [0.717, 1.165) is 31.0 Å². The van der Waals surface area contributed by atoms with Crippen molar-refractivity contribution in [3.05, 3.63) is 53.1 Å². The Bertz CT molecular complexity index is 880. The number of nitrogens with one attached hydrogen (secondary N) is 1. The molecule has 1 amide bonds. The van der Waals surface area contributed by atoms with Crippen LogP contribution >= 0.6 is 0 Å². The van der Waals surface area contributed by atoms with E-state index in [0.29, 0.717) is 24.2 Å². The van der Waals surface area contributed by atoms with Gasteiger partial charge in [0.1, 0.15) is 0 Å². The molecule has 29 heavy (non-hydrogen) atoms. The molecule has 0 saturated carbocycles. The van der Waals surface area contributed by atoms with Crippen molar-refractivity contribution in [3.63, 3.8) is 0 Å². The quantitative estimate of drug-likeness (QED) is 0.723. The van der Waals surface area contributed by atoms with E-state index in [9.17, 15) is 9.59 Å². The molecular formula is C22H26N2O5. The van der Waals surface area contributed by atoms with Gasteiger partial charge in [0, 0.05) is 31.7 Å². The summed E-state index contributed by atoms with van der Waals surface area (Å²) in [5, 5.41) is 2.86. The number of methoxy groups -OCH3 is 3. The summed E-state index contributed by atoms with van der Waals surface area (Å²) in [6.07, 6.45) is 1.30. The van der Waals surface area contributed by atoms with Gasteiger partial charge in [-0.2, -0.15) is 0 Å². The molecular weight excluding hydrogens is 372 g/mol. The highest BCUT2D eigenvalue weighted by Crippen LogP contribution is 2.33. The summed E-state index contributed by atoms with van der Waals surface area (Å²) in [5.74, 6) is 1.01. The second kappa shape index (κ2) is 9.43. The summed E-state index contributed by atoms with van der Waals surface area (Å²) in [5.41, 5.74) is 3.56. The fraction of sp³-hybridized carbons (Fsp3) is 0.364. The van der Waals surface area contributed by atoms with Crippen LogP contribution in [-0.4, -0.2) is 51.2 Å². The molecule has 3 rings (SSSR count). The monoisotopic (exact) mass is 398 g/mol. The van der Waals surface area contributed by atoms with Crippen molar-refractivity contribution in [1.29, 1.82) is 0 Å². The summed E-state index contributed by atoms with van der Waals surface area (Å²) < 4.78 is 15.4. The summed E-state index contributed by atoms with van der Waals surface area (Å²) in [6, 6.07) is 10.7. The number of hydrogen-bond donors (Lipinski definition) is 1. The normalized spacial score (nSPS) is 13.3. The Morgan fingerprint density at radius 2 is 1.66 bits per heavy atom. The van der Waals surface area contributed by atoms with Gasteiger partial charge in [0.15, 0.2) is 11.5 Å². The first-order valence-electron chi connectivity index (χ1n) is 9.48. The lowest BCUT2D eigenvalue weighted by atomic mass is 9.98. The fourth-order valence-electron chi connectivity index (χ4n) is 3.42. The van der Waals surface area contributed by atoms with E-state index in [1.807, 2.05) is 12.1 Å². The number of nitrogens with zero attached hydrogens (tertiary/aromatic N) is 1. The number of anilines is 1. The lowest BCUT2D eigenvalue weighted by Gasteiger charge is -2.29. The standard InChI is InChI=1S/C22H26N2O5/c1-27-19-12-16-8-10-24(14-17(16)13-20(19)28-2)11-9-21(25)23-18-6-4-15(5-7-18)22(26)29-3/h4-7,12-13H,8-11,14H2,1-3H3,(H,23,25). The second-order valence-electron chi connectivity index (χ2n) is 6.87. The minimum atomic E-state index is -0.400. The lowest BCUT2D eigenvalue weighted by Crippen LogP contribution is -2.33. The highest BCUT2D eigenvalue weighted by atomic mass is 16.5. The van der Waals surface area contributed by atoms with E-state index in [2.05, 4.69) is 15.0 Å². The van der Waals surface area contributed by atoms with E-state index >= 15 is 0 Å². The van der Waals surface area contributed by atoms with Gasteiger partial charge in [0.25, 0.3) is 0 Å². The zero-order valence-electron chi connectivity index (χ0n) is 17.0. The fourth-order valence-corrected chi connectivity index (χ4v) is 3.42. The zero-order chi connectivity index (χ0) is 20.8. The molecule has 0 aliphatic carbocycles. The second-order valence-corrected chi connectivity index (χ2v) is 6.87. The molecule has 0 saturated heterocycles. The predicted octanol–water partition coefficient (Wildman–Crippen LogP) is 2.88. The molecule has 0 radical (unpaired) electrons. The van der Waals surface area contributed by atoms with Gasteiger partial charge in [-0.05, 0) is 53.9 Å². The average Bonchev–Trinajstić information content (AvgIpc) is 2.76. The van der Waals surface area contributed by atoms with Gasteiger partial charge in [-0.15, -0.1) is 0 Å². The number of rotatable bonds is 7. The van der Waals surface area contributed by atoms with Gasteiger partial charge in [-0.1, -0.05) is 0 Å². The number of carbonyl (C=O) groups excluding carboxylic acids is 2. The molecule has 0 bridgehead atoms. The third-order valence-electron chi connectivity index (χ3n) is 5.04. The Kier molecular flexibility index (Phi) is 6.72. The Morgan fingerprint density at radius 1 is 1.00 bits per heavy atom. The van der Waals surface area contributed by atoms with Crippen LogP contribution in [0.3, 0.4) is 0 Å². The summed E-state index contributed by atoms with van der Waals surface area (Å²) in [7, 11) is 4.61. The van der Waals surface area contributed by atoms with Gasteiger partial charge in [0.05, 0.1) is 26.9 Å². The third-order valence-corrected chi connectivity index (χ3v) is 5.04. The molecule has 1 N–H and O–H groups in total. The highest BCUT2D eigenvalue weighted by Gasteiger charge is 2.20. The van der Waals surface area contributed by atoms with Crippen LogP contribution in [-0.2, 0) is 22.5 Å². The van der Waals surface area contributed by atoms with E-state index in [-0.39, 0.29) is 5.91 Å². The number of esters is 1. The van der Waals surface area contributed by atoms with Crippen LogP contribution in [0.25, 0.3) is 0 Å². The first kappa shape index (κ1) is 20.7. The van der Waals surface area contributed by atoms with Gasteiger partial charge < -0.3 is 19.5 Å². The van der Waals surface area contributed by atoms with E-state index in [1.165, 1.54) is 18.2 Å². The van der Waals surface area contributed by atoms with Crippen LogP contribution in [0.1, 0.15) is 27.9 Å². The number of amides is 1. The minimum absolute atomic E-state index is 0.0612. The van der Waals surface area contributed by atoms with Crippen molar-refractivity contribution < 1.29 is 23.8 Å². The Hall–Kier alpha value is -3.06. The Morgan fingerprint density at radius 3 is 2.28 bits per heavy atom. The molecule has 2 aromatic carbocycles. The molecule has 0 atom stereocenters. The smallest absolute Gasteiger partial charge is 0.337 e. The molecule has 0 spiro atoms. The number of ether oxygens (including phenoxy) is 3. The lowest BCUT2D eigenvalue weighted by molar-refractivity contribution is -0.116. The third kappa shape index (κ3) is 5.06. The number of fused-ring (bicyclic) bond motifs is 1. The van der Waals surface area contributed by atoms with Crippen molar-refractivity contribution >= 4 is 17.6 Å². The number of benzene rings is 2. The zero-order valence-corrected chi connectivity index (χ0v) is 17.0. The molecule has 1 aliphatic heterocycles. The van der Waals surface area contributed by atoms with Gasteiger partial charge in [0.2, 0.25) is 5.91 Å². The molecule has 0 unspecified atom stereocenters. The molecule has 1 heterocycles. The molecule has 0 fully saturated rings. The van der Waals surface area contributed by atoms with Gasteiger partial charge >= 0.3 is 5.97 Å². The van der Waals surface area contributed by atoms with Crippen LogP contribution in [0.2, 0.25) is 0 Å². The van der Waals surface area contributed by atoms with Crippen molar-refractivity contribution in [3.8, 4) is 11.5 Å². The topological polar surface area (TPSA) is 77.1 Å². The minimum Gasteiger partial charge on any atom is -0.493 e. The largest absolute Gasteiger partial charge is 0.493 e. The van der Waals surface area contributed by atoms with Crippen LogP contribution in [0, 0.1) is 0 Å². The van der Waals surface area contributed by atoms with E-state index in [1.54, 1.807) is 38.5 Å². The van der Waals surface area contributed by atoms with Crippen molar-refractivity contribution in [2.24, 2.45) is 0 Å². The molecule has 154 valence electrons. The first-order chi connectivity index (χ1) is 14.0. The molecule has 1 aliphatic rings. The van der Waals surface area contributed by atoms with Crippen molar-refractivity contribution in [1.82, 2.24) is 4.90 Å². The average molecular weight is 398 g/mol. The van der Waals surface area contributed by atoms with E-state index < -0.39 is 5.97 Å². The number of hydrogen-bond acceptors (Lipinski definition) is 6. The van der Waals surface area contributed by atoms with Crippen LogP contribution < -0.4 is 14.8 Å². The first-order valence-corrected chi connectivity index (χ1v) is 9.48. The summed E-state index contributed by atoms with van der Waals surface area (Å²) in [6.45, 7) is 2.33. The molecule has 0 aromatic heterocycles. The Balaban J connectivity index is 1.53. The maximum absolute atomic E-state index is 12.3. The predicted molar refractivity (Wildman–Crippen MR) is 110 cm³/mol. The number of carbonyl (C=O) groups is 2. The van der Waals surface area contributed by atoms with Crippen LogP contribution in [0.4, 0.5) is 5.69 Å². The van der Waals surface area contributed by atoms with Crippen LogP contribution in [0.15, 0.2) is 36.4 Å². The summed E-state index contributed by atoms with van der Waals surface area (Å²) in [4.78, 5) is 26.0. The molecule has 2 aromatic rings. The molecule has 7 nitrogen and oxygen atoms in total. The SMILES string of the molecule is COC(=O)c1ccc(NC(=O)CCN2CCc3cc(OC)c(OC)cc3C2)cc1. The highest BCUT2D eigenvalue weighted by molar-refractivity contribution is 5.93. The van der Waals surface area contributed by atoms with Gasteiger partial charge in [-0.25, -0.2) is 4.79 Å². The van der Waals surface area contributed by atoms with Crippen molar-refractivity contribution in [2.75, 3.05) is 39.7 Å². The van der Waals surface area contributed by atoms with Gasteiger partial charge in [-0.3, -0.25) is 9.69 Å². The van der Waals surface area contributed by atoms with Crippen molar-refractivity contribution in [2.45, 2.75) is 19.4 Å². The maximum Gasteiger partial charge on any atom is 0.337 e.